The van der Waals surface area contributed by atoms with Crippen molar-refractivity contribution in [2.75, 3.05) is 13.4 Å². The minimum atomic E-state index is 0.919. The monoisotopic (exact) mass is 250 g/mol. The molecule has 1 heterocycles. The third-order valence-corrected chi connectivity index (χ3v) is 4.68. The molecule has 0 amide bonds. The van der Waals surface area contributed by atoms with E-state index >= 15 is 0 Å². The van der Waals surface area contributed by atoms with Crippen LogP contribution in [-0.2, 0) is 0 Å². The van der Waals surface area contributed by atoms with Crippen molar-refractivity contribution in [3.8, 4) is 16.2 Å². The molecule has 0 fully saturated rings. The Morgan fingerprint density at radius 2 is 2.00 bits per heavy atom. The third-order valence-electron chi connectivity index (χ3n) is 2.48. The van der Waals surface area contributed by atoms with Crippen LogP contribution in [0.3, 0.4) is 0 Å². The molecule has 0 unspecified atom stereocenters. The lowest BCUT2D eigenvalue weighted by atomic mass is 10.1. The number of aryl methyl sites for hydroxylation is 1. The maximum atomic E-state index is 5.21. The van der Waals surface area contributed by atoms with Crippen molar-refractivity contribution in [2.45, 2.75) is 11.1 Å². The summed E-state index contributed by atoms with van der Waals surface area (Å²) < 4.78 is 6.56. The number of methoxy groups -OCH3 is 1. The summed E-state index contributed by atoms with van der Waals surface area (Å²) in [6, 6.07) is 10.6. The lowest BCUT2D eigenvalue weighted by Crippen LogP contribution is -1.85. The van der Waals surface area contributed by atoms with Crippen LogP contribution in [0, 0.1) is 6.92 Å². The number of hydrogen-bond acceptors (Lipinski definition) is 3. The largest absolute Gasteiger partial charge is 0.497 e. The molecule has 16 heavy (non-hydrogen) atoms. The van der Waals surface area contributed by atoms with Crippen LogP contribution < -0.4 is 4.74 Å². The topological polar surface area (TPSA) is 9.23 Å². The molecule has 3 heteroatoms. The van der Waals surface area contributed by atoms with E-state index in [1.807, 2.05) is 17.4 Å². The van der Waals surface area contributed by atoms with Gasteiger partial charge in [-0.15, -0.1) is 23.1 Å². The van der Waals surface area contributed by atoms with Crippen molar-refractivity contribution in [2.24, 2.45) is 0 Å². The second-order valence-electron chi connectivity index (χ2n) is 3.50. The van der Waals surface area contributed by atoms with Gasteiger partial charge >= 0.3 is 0 Å². The fourth-order valence-corrected chi connectivity index (χ4v) is 3.25. The Morgan fingerprint density at radius 1 is 1.19 bits per heavy atom. The van der Waals surface area contributed by atoms with Gasteiger partial charge in [0.2, 0.25) is 0 Å². The zero-order valence-electron chi connectivity index (χ0n) is 9.61. The molecule has 0 aliphatic heterocycles. The SMILES string of the molecule is COc1ccc(-c2ccc(SC)s2)c(C)c1. The molecule has 84 valence electrons. The van der Waals surface area contributed by atoms with Crippen LogP contribution in [0.15, 0.2) is 34.5 Å². The minimum Gasteiger partial charge on any atom is -0.497 e. The zero-order valence-corrected chi connectivity index (χ0v) is 11.2. The molecular weight excluding hydrogens is 236 g/mol. The zero-order chi connectivity index (χ0) is 11.5. The third kappa shape index (κ3) is 2.25. The van der Waals surface area contributed by atoms with E-state index in [4.69, 9.17) is 4.74 Å². The standard InChI is InChI=1S/C13H14OS2/c1-9-8-10(14-2)4-5-11(9)12-6-7-13(15-3)16-12/h4-8H,1-3H3. The summed E-state index contributed by atoms with van der Waals surface area (Å²) in [7, 11) is 1.70. The molecule has 0 radical (unpaired) electrons. The van der Waals surface area contributed by atoms with Crippen molar-refractivity contribution in [3.05, 3.63) is 35.9 Å². The molecule has 1 aromatic carbocycles. The van der Waals surface area contributed by atoms with Crippen LogP contribution >= 0.6 is 23.1 Å². The summed E-state index contributed by atoms with van der Waals surface area (Å²) in [4.78, 5) is 1.32. The Bertz CT molecular complexity index is 488. The van der Waals surface area contributed by atoms with Gasteiger partial charge in [0.05, 0.1) is 11.3 Å². The number of rotatable bonds is 3. The van der Waals surface area contributed by atoms with Crippen LogP contribution in [-0.4, -0.2) is 13.4 Å². The number of benzene rings is 1. The van der Waals surface area contributed by atoms with Gasteiger partial charge in [-0.1, -0.05) is 0 Å². The molecule has 2 aromatic rings. The van der Waals surface area contributed by atoms with Crippen LogP contribution in [0.5, 0.6) is 5.75 Å². The molecule has 0 saturated carbocycles. The van der Waals surface area contributed by atoms with E-state index in [0.29, 0.717) is 0 Å². The highest BCUT2D eigenvalue weighted by Crippen LogP contribution is 2.35. The Morgan fingerprint density at radius 3 is 2.56 bits per heavy atom. The fourth-order valence-electron chi connectivity index (χ4n) is 1.61. The predicted molar refractivity (Wildman–Crippen MR) is 72.8 cm³/mol. The molecule has 0 aliphatic carbocycles. The Kier molecular flexibility index (Phi) is 3.56. The number of hydrogen-bond donors (Lipinski definition) is 0. The number of thiophene rings is 1. The van der Waals surface area contributed by atoms with Gasteiger partial charge in [-0.3, -0.25) is 0 Å². The lowest BCUT2D eigenvalue weighted by Gasteiger charge is -2.05. The second kappa shape index (κ2) is 4.93. The van der Waals surface area contributed by atoms with E-state index in [9.17, 15) is 0 Å². The van der Waals surface area contributed by atoms with Gasteiger partial charge < -0.3 is 4.74 Å². The maximum Gasteiger partial charge on any atom is 0.119 e. The maximum absolute atomic E-state index is 5.21. The summed E-state index contributed by atoms with van der Waals surface area (Å²) >= 11 is 3.63. The van der Waals surface area contributed by atoms with Crippen molar-refractivity contribution >= 4 is 23.1 Å². The van der Waals surface area contributed by atoms with E-state index in [0.717, 1.165) is 5.75 Å². The highest BCUT2D eigenvalue weighted by atomic mass is 32.2. The van der Waals surface area contributed by atoms with Crippen molar-refractivity contribution < 1.29 is 4.74 Å². The average Bonchev–Trinajstić information content (AvgIpc) is 2.77. The minimum absolute atomic E-state index is 0.919. The van der Waals surface area contributed by atoms with Crippen LogP contribution in [0.4, 0.5) is 0 Å². The van der Waals surface area contributed by atoms with Gasteiger partial charge in [-0.2, -0.15) is 0 Å². The summed E-state index contributed by atoms with van der Waals surface area (Å²) in [6.07, 6.45) is 2.11. The highest BCUT2D eigenvalue weighted by Gasteiger charge is 2.06. The Hall–Kier alpha value is -0.930. The Balaban J connectivity index is 2.40. The first kappa shape index (κ1) is 11.6. The molecular formula is C13H14OS2. The Labute approximate surface area is 104 Å². The number of thioether (sulfide) groups is 1. The van der Waals surface area contributed by atoms with E-state index in [1.54, 1.807) is 18.9 Å². The van der Waals surface area contributed by atoms with Crippen molar-refractivity contribution in [3.63, 3.8) is 0 Å². The van der Waals surface area contributed by atoms with Gasteiger partial charge in [0.25, 0.3) is 0 Å². The van der Waals surface area contributed by atoms with E-state index in [-0.39, 0.29) is 0 Å². The van der Waals surface area contributed by atoms with Gasteiger partial charge in [-0.25, -0.2) is 0 Å². The smallest absolute Gasteiger partial charge is 0.119 e. The fraction of sp³-hybridized carbons (Fsp3) is 0.231. The summed E-state index contributed by atoms with van der Waals surface area (Å²) in [5.41, 5.74) is 2.56. The molecule has 0 aliphatic rings. The first-order valence-corrected chi connectivity index (χ1v) is 7.07. The molecule has 0 spiro atoms. The average molecular weight is 250 g/mol. The molecule has 0 bridgehead atoms. The summed E-state index contributed by atoms with van der Waals surface area (Å²) in [6.45, 7) is 2.12. The molecule has 0 atom stereocenters. The van der Waals surface area contributed by atoms with Gasteiger partial charge in [-0.05, 0) is 54.6 Å². The molecule has 1 aromatic heterocycles. The van der Waals surface area contributed by atoms with Crippen molar-refractivity contribution in [1.82, 2.24) is 0 Å². The summed E-state index contributed by atoms with van der Waals surface area (Å²) in [5, 5.41) is 0. The highest BCUT2D eigenvalue weighted by molar-refractivity contribution is 8.00. The number of ether oxygens (including phenoxy) is 1. The van der Waals surface area contributed by atoms with Crippen molar-refractivity contribution in [1.29, 1.82) is 0 Å². The molecule has 0 saturated heterocycles. The van der Waals surface area contributed by atoms with E-state index in [1.165, 1.54) is 20.2 Å². The molecule has 2 rings (SSSR count). The van der Waals surface area contributed by atoms with Crippen LogP contribution in [0.25, 0.3) is 10.4 Å². The molecule has 0 N–H and O–H groups in total. The predicted octanol–water partition coefficient (Wildman–Crippen LogP) is 4.45. The molecule has 1 nitrogen and oxygen atoms in total. The second-order valence-corrected chi connectivity index (χ2v) is 5.69. The van der Waals surface area contributed by atoms with Gasteiger partial charge in [0.1, 0.15) is 5.75 Å². The van der Waals surface area contributed by atoms with Crippen LogP contribution in [0.2, 0.25) is 0 Å². The summed E-state index contributed by atoms with van der Waals surface area (Å²) in [5.74, 6) is 0.919. The quantitative estimate of drug-likeness (QED) is 0.744. The normalized spacial score (nSPS) is 10.4. The van der Waals surface area contributed by atoms with E-state index in [2.05, 4.69) is 37.4 Å². The first-order chi connectivity index (χ1) is 7.74. The van der Waals surface area contributed by atoms with Crippen LogP contribution in [0.1, 0.15) is 5.56 Å². The van der Waals surface area contributed by atoms with E-state index < -0.39 is 0 Å². The first-order valence-electron chi connectivity index (χ1n) is 5.03. The van der Waals surface area contributed by atoms with Gasteiger partial charge in [0.15, 0.2) is 0 Å². The van der Waals surface area contributed by atoms with Gasteiger partial charge in [0, 0.05) is 4.88 Å². The lowest BCUT2D eigenvalue weighted by molar-refractivity contribution is 0.414.